The first-order valence-corrected chi connectivity index (χ1v) is 6.45. The van der Waals surface area contributed by atoms with Gasteiger partial charge in [0.25, 0.3) is 5.91 Å². The smallest absolute Gasteiger partial charge is 0.270 e. The molecule has 6 heteroatoms. The van der Waals surface area contributed by atoms with Crippen LogP contribution in [0.3, 0.4) is 0 Å². The van der Waals surface area contributed by atoms with Crippen LogP contribution in [0.25, 0.3) is 0 Å². The molecule has 0 radical (unpaired) electrons. The van der Waals surface area contributed by atoms with Crippen molar-refractivity contribution in [3.63, 3.8) is 0 Å². The highest BCUT2D eigenvalue weighted by Crippen LogP contribution is 2.36. The second-order valence-corrected chi connectivity index (χ2v) is 5.26. The lowest BCUT2D eigenvalue weighted by atomic mass is 10.3. The van der Waals surface area contributed by atoms with Crippen molar-refractivity contribution >= 4 is 28.3 Å². The van der Waals surface area contributed by atoms with Crippen LogP contribution < -0.4 is 10.6 Å². The zero-order valence-corrected chi connectivity index (χ0v) is 10.6. The third-order valence-electron chi connectivity index (χ3n) is 2.82. The van der Waals surface area contributed by atoms with Crippen molar-refractivity contribution in [2.24, 2.45) is 11.8 Å². The fourth-order valence-corrected chi connectivity index (χ4v) is 2.32. The standard InChI is InChI=1S/C11H15N3O2S/c1-6-3-8(6)4-12-10(16)9-5-17-11(14-9)13-7(2)15/h5-6,8H,3-4H2,1-2H3,(H,12,16)(H,13,14,15)/t6-,8+/m1/s1. The van der Waals surface area contributed by atoms with E-state index in [-0.39, 0.29) is 11.8 Å². The lowest BCUT2D eigenvalue weighted by molar-refractivity contribution is -0.114. The highest BCUT2D eigenvalue weighted by molar-refractivity contribution is 7.14. The predicted octanol–water partition coefficient (Wildman–Crippen LogP) is 1.49. The molecule has 92 valence electrons. The van der Waals surface area contributed by atoms with Crippen molar-refractivity contribution in [3.05, 3.63) is 11.1 Å². The number of thiazole rings is 1. The minimum absolute atomic E-state index is 0.169. The van der Waals surface area contributed by atoms with Crippen molar-refractivity contribution in [2.45, 2.75) is 20.3 Å². The van der Waals surface area contributed by atoms with Crippen LogP contribution in [0, 0.1) is 11.8 Å². The molecule has 1 saturated carbocycles. The number of hydrogen-bond donors (Lipinski definition) is 2. The maximum atomic E-state index is 11.7. The number of anilines is 1. The topological polar surface area (TPSA) is 71.1 Å². The largest absolute Gasteiger partial charge is 0.350 e. The Morgan fingerprint density at radius 2 is 2.29 bits per heavy atom. The molecule has 0 aromatic carbocycles. The average molecular weight is 253 g/mol. The summed E-state index contributed by atoms with van der Waals surface area (Å²) in [5.41, 5.74) is 0.368. The van der Waals surface area contributed by atoms with Gasteiger partial charge < -0.3 is 10.6 Å². The third kappa shape index (κ3) is 3.26. The Kier molecular flexibility index (Phi) is 3.42. The molecular formula is C11H15N3O2S. The molecule has 2 N–H and O–H groups in total. The second-order valence-electron chi connectivity index (χ2n) is 4.40. The molecule has 2 atom stereocenters. The van der Waals surface area contributed by atoms with E-state index in [2.05, 4.69) is 22.5 Å². The molecule has 5 nitrogen and oxygen atoms in total. The number of aromatic nitrogens is 1. The monoisotopic (exact) mass is 253 g/mol. The molecule has 0 spiro atoms. The van der Waals surface area contributed by atoms with Gasteiger partial charge in [0.15, 0.2) is 5.13 Å². The molecule has 1 aliphatic rings. The molecule has 1 aliphatic carbocycles. The minimum Gasteiger partial charge on any atom is -0.350 e. The molecule has 1 aromatic rings. The Hall–Kier alpha value is -1.43. The van der Waals surface area contributed by atoms with Crippen LogP contribution >= 0.6 is 11.3 Å². The lowest BCUT2D eigenvalue weighted by Gasteiger charge is -2.01. The molecule has 2 amide bonds. The normalized spacial score (nSPS) is 22.0. The number of nitrogens with zero attached hydrogens (tertiary/aromatic N) is 1. The van der Waals surface area contributed by atoms with E-state index in [0.717, 1.165) is 5.92 Å². The SMILES string of the molecule is CC(=O)Nc1nc(C(=O)NC[C@@H]2C[C@H]2C)cs1. The van der Waals surface area contributed by atoms with Crippen LogP contribution in [0.15, 0.2) is 5.38 Å². The predicted molar refractivity (Wildman–Crippen MR) is 66.0 cm³/mol. The van der Waals surface area contributed by atoms with Gasteiger partial charge in [0.05, 0.1) is 0 Å². The van der Waals surface area contributed by atoms with E-state index in [9.17, 15) is 9.59 Å². The number of rotatable bonds is 4. The van der Waals surface area contributed by atoms with Gasteiger partial charge >= 0.3 is 0 Å². The van der Waals surface area contributed by atoms with Crippen molar-refractivity contribution in [2.75, 3.05) is 11.9 Å². The quantitative estimate of drug-likeness (QED) is 0.854. The zero-order chi connectivity index (χ0) is 12.4. The minimum atomic E-state index is -0.182. The number of hydrogen-bond acceptors (Lipinski definition) is 4. The summed E-state index contributed by atoms with van der Waals surface area (Å²) in [6, 6.07) is 0. The summed E-state index contributed by atoms with van der Waals surface area (Å²) in [5.74, 6) is 0.989. The summed E-state index contributed by atoms with van der Waals surface area (Å²) in [6.45, 7) is 4.30. The summed E-state index contributed by atoms with van der Waals surface area (Å²) in [4.78, 5) is 26.6. The molecule has 0 bridgehead atoms. The fourth-order valence-electron chi connectivity index (χ4n) is 1.58. The number of carbonyl (C=O) groups excluding carboxylic acids is 2. The number of carbonyl (C=O) groups is 2. The third-order valence-corrected chi connectivity index (χ3v) is 3.58. The van der Waals surface area contributed by atoms with E-state index < -0.39 is 0 Å². The van der Waals surface area contributed by atoms with Crippen LogP contribution in [0.4, 0.5) is 5.13 Å². The summed E-state index contributed by atoms with van der Waals surface area (Å²) in [7, 11) is 0. The Labute approximate surface area is 104 Å². The van der Waals surface area contributed by atoms with Crippen molar-refractivity contribution in [1.82, 2.24) is 10.3 Å². The van der Waals surface area contributed by atoms with Crippen molar-refractivity contribution in [1.29, 1.82) is 0 Å². The van der Waals surface area contributed by atoms with Gasteiger partial charge in [-0.1, -0.05) is 6.92 Å². The van der Waals surface area contributed by atoms with E-state index >= 15 is 0 Å². The number of nitrogens with one attached hydrogen (secondary N) is 2. The van der Waals surface area contributed by atoms with Crippen LogP contribution in [-0.4, -0.2) is 23.3 Å². The van der Waals surface area contributed by atoms with Gasteiger partial charge in [-0.2, -0.15) is 0 Å². The maximum Gasteiger partial charge on any atom is 0.270 e. The summed E-state index contributed by atoms with van der Waals surface area (Å²) < 4.78 is 0. The van der Waals surface area contributed by atoms with Crippen LogP contribution in [0.1, 0.15) is 30.8 Å². The van der Waals surface area contributed by atoms with Crippen LogP contribution in [0.2, 0.25) is 0 Å². The Balaban J connectivity index is 1.85. The van der Waals surface area contributed by atoms with E-state index in [1.165, 1.54) is 24.7 Å². The molecule has 0 unspecified atom stereocenters. The zero-order valence-electron chi connectivity index (χ0n) is 9.82. The van der Waals surface area contributed by atoms with Gasteiger partial charge in [0.2, 0.25) is 5.91 Å². The van der Waals surface area contributed by atoms with Crippen molar-refractivity contribution in [3.8, 4) is 0 Å². The van der Waals surface area contributed by atoms with Gasteiger partial charge in [-0.15, -0.1) is 11.3 Å². The van der Waals surface area contributed by atoms with Gasteiger partial charge in [-0.3, -0.25) is 9.59 Å². The molecule has 17 heavy (non-hydrogen) atoms. The van der Waals surface area contributed by atoms with Gasteiger partial charge in [-0.25, -0.2) is 4.98 Å². The fraction of sp³-hybridized carbons (Fsp3) is 0.545. The Morgan fingerprint density at radius 3 is 2.88 bits per heavy atom. The first kappa shape index (κ1) is 12.0. The summed E-state index contributed by atoms with van der Waals surface area (Å²) in [6.07, 6.45) is 1.19. The molecule has 1 aromatic heterocycles. The molecule has 1 heterocycles. The first-order chi connectivity index (χ1) is 8.06. The van der Waals surface area contributed by atoms with Gasteiger partial charge in [0.1, 0.15) is 5.69 Å². The Bertz CT molecular complexity index is 444. The van der Waals surface area contributed by atoms with Crippen LogP contribution in [0.5, 0.6) is 0 Å². The second kappa shape index (κ2) is 4.83. The molecule has 0 saturated heterocycles. The van der Waals surface area contributed by atoms with E-state index in [0.29, 0.717) is 23.3 Å². The van der Waals surface area contributed by atoms with Crippen molar-refractivity contribution < 1.29 is 9.59 Å². The van der Waals surface area contributed by atoms with E-state index in [1.54, 1.807) is 5.38 Å². The highest BCUT2D eigenvalue weighted by atomic mass is 32.1. The molecular weight excluding hydrogens is 238 g/mol. The molecule has 2 rings (SSSR count). The lowest BCUT2D eigenvalue weighted by Crippen LogP contribution is -2.26. The van der Waals surface area contributed by atoms with Crippen LogP contribution in [-0.2, 0) is 4.79 Å². The van der Waals surface area contributed by atoms with Gasteiger partial charge in [-0.05, 0) is 18.3 Å². The maximum absolute atomic E-state index is 11.7. The number of amides is 2. The first-order valence-electron chi connectivity index (χ1n) is 5.57. The molecule has 1 fully saturated rings. The highest BCUT2D eigenvalue weighted by Gasteiger charge is 2.32. The average Bonchev–Trinajstić information content (AvgIpc) is 2.75. The summed E-state index contributed by atoms with van der Waals surface area (Å²) in [5, 5.41) is 7.51. The molecule has 0 aliphatic heterocycles. The Morgan fingerprint density at radius 1 is 1.59 bits per heavy atom. The van der Waals surface area contributed by atoms with Gasteiger partial charge in [0, 0.05) is 18.8 Å². The summed E-state index contributed by atoms with van der Waals surface area (Å²) >= 11 is 1.25. The van der Waals surface area contributed by atoms with E-state index in [1.807, 2.05) is 0 Å². The van der Waals surface area contributed by atoms with E-state index in [4.69, 9.17) is 0 Å².